The lowest BCUT2D eigenvalue weighted by molar-refractivity contribution is -0.117. The van der Waals surface area contributed by atoms with Crippen LogP contribution in [0.5, 0.6) is 0 Å². The molecule has 1 atom stereocenters. The molecule has 0 radical (unpaired) electrons. The van der Waals surface area contributed by atoms with Gasteiger partial charge < -0.3 is 10.4 Å². The topological polar surface area (TPSA) is 81.2 Å². The van der Waals surface area contributed by atoms with Crippen LogP contribution in [0.1, 0.15) is 23.4 Å². The first-order chi connectivity index (χ1) is 11.4. The van der Waals surface area contributed by atoms with Crippen LogP contribution in [-0.2, 0) is 10.4 Å². The van der Waals surface area contributed by atoms with E-state index in [1.807, 2.05) is 18.7 Å². The Morgan fingerprint density at radius 1 is 1.42 bits per heavy atom. The molecule has 0 saturated carbocycles. The molecule has 1 saturated heterocycles. The zero-order valence-corrected chi connectivity index (χ0v) is 13.8. The Labute approximate surface area is 139 Å². The summed E-state index contributed by atoms with van der Waals surface area (Å²) in [5.74, 6) is -0.478. The third-order valence-electron chi connectivity index (χ3n) is 4.47. The molecular formula is C17H21FN4O2. The average Bonchev–Trinajstić information content (AvgIpc) is 3.06. The summed E-state index contributed by atoms with van der Waals surface area (Å²) in [5, 5.41) is 20.5. The minimum absolute atomic E-state index is 0.147. The molecule has 3 N–H and O–H groups in total. The van der Waals surface area contributed by atoms with Gasteiger partial charge in [0.05, 0.1) is 23.6 Å². The number of rotatable bonds is 4. The van der Waals surface area contributed by atoms with E-state index < -0.39 is 5.60 Å². The van der Waals surface area contributed by atoms with Gasteiger partial charge in [0.2, 0.25) is 5.91 Å². The van der Waals surface area contributed by atoms with Gasteiger partial charge in [-0.3, -0.25) is 14.8 Å². The fourth-order valence-electron chi connectivity index (χ4n) is 3.12. The van der Waals surface area contributed by atoms with Gasteiger partial charge in [0.15, 0.2) is 0 Å². The summed E-state index contributed by atoms with van der Waals surface area (Å²) in [4.78, 5) is 14.1. The summed E-state index contributed by atoms with van der Waals surface area (Å²) < 4.78 is 13.0. The van der Waals surface area contributed by atoms with Gasteiger partial charge >= 0.3 is 0 Å². The van der Waals surface area contributed by atoms with Crippen LogP contribution in [0.2, 0.25) is 0 Å². The molecular weight excluding hydrogens is 311 g/mol. The molecule has 1 fully saturated rings. The van der Waals surface area contributed by atoms with Crippen LogP contribution in [0.3, 0.4) is 0 Å². The van der Waals surface area contributed by atoms with Crippen molar-refractivity contribution in [3.8, 4) is 0 Å². The normalized spacial score (nSPS) is 21.2. The van der Waals surface area contributed by atoms with E-state index in [-0.39, 0.29) is 18.3 Å². The first kappa shape index (κ1) is 16.6. The Bertz CT molecular complexity index is 724. The molecule has 1 aliphatic heterocycles. The molecule has 1 aromatic carbocycles. The number of nitrogens with one attached hydrogen (secondary N) is 2. The highest BCUT2D eigenvalue weighted by Crippen LogP contribution is 2.31. The summed E-state index contributed by atoms with van der Waals surface area (Å²) in [7, 11) is 0. The van der Waals surface area contributed by atoms with Crippen LogP contribution in [0.25, 0.3) is 0 Å². The number of nitrogens with zero attached hydrogens (tertiary/aromatic N) is 2. The Kier molecular flexibility index (Phi) is 4.38. The number of hydrogen-bond donors (Lipinski definition) is 3. The number of H-pyrrole nitrogens is 1. The number of carbonyl (C=O) groups excluding carboxylic acids is 1. The number of likely N-dealkylation sites (tertiary alicyclic amines) is 1. The van der Waals surface area contributed by atoms with Crippen molar-refractivity contribution in [3.63, 3.8) is 0 Å². The zero-order chi connectivity index (χ0) is 17.3. The number of aromatic amines is 1. The second kappa shape index (κ2) is 6.33. The van der Waals surface area contributed by atoms with E-state index in [9.17, 15) is 14.3 Å². The maximum atomic E-state index is 13.0. The minimum Gasteiger partial charge on any atom is -0.384 e. The molecule has 7 heteroatoms. The van der Waals surface area contributed by atoms with Crippen LogP contribution in [0.4, 0.5) is 10.1 Å². The van der Waals surface area contributed by atoms with E-state index in [0.29, 0.717) is 30.8 Å². The van der Waals surface area contributed by atoms with Gasteiger partial charge in [-0.1, -0.05) is 12.1 Å². The van der Waals surface area contributed by atoms with Gasteiger partial charge in [-0.2, -0.15) is 5.10 Å². The molecule has 0 spiro atoms. The lowest BCUT2D eigenvalue weighted by atomic mass is 9.93. The molecule has 3 rings (SSSR count). The third-order valence-corrected chi connectivity index (χ3v) is 4.47. The Hall–Kier alpha value is -2.25. The van der Waals surface area contributed by atoms with Crippen molar-refractivity contribution < 1.29 is 14.3 Å². The van der Waals surface area contributed by atoms with E-state index in [2.05, 4.69) is 15.5 Å². The van der Waals surface area contributed by atoms with Gasteiger partial charge in [-0.05, 0) is 38.0 Å². The molecule has 1 unspecified atom stereocenters. The number of benzene rings is 1. The first-order valence-electron chi connectivity index (χ1n) is 7.89. The molecule has 24 heavy (non-hydrogen) atoms. The number of aliphatic hydroxyl groups is 1. The summed E-state index contributed by atoms with van der Waals surface area (Å²) in [5.41, 5.74) is 1.88. The van der Waals surface area contributed by atoms with Crippen molar-refractivity contribution in [2.45, 2.75) is 25.9 Å². The third kappa shape index (κ3) is 3.32. The minimum atomic E-state index is -1.05. The van der Waals surface area contributed by atoms with Gasteiger partial charge in [-0.25, -0.2) is 4.39 Å². The van der Waals surface area contributed by atoms with E-state index in [4.69, 9.17) is 0 Å². The fraction of sp³-hybridized carbons (Fsp3) is 0.412. The van der Waals surface area contributed by atoms with Gasteiger partial charge in [0, 0.05) is 13.1 Å². The predicted octanol–water partition coefficient (Wildman–Crippen LogP) is 1.70. The van der Waals surface area contributed by atoms with Crippen LogP contribution in [0, 0.1) is 19.7 Å². The summed E-state index contributed by atoms with van der Waals surface area (Å²) in [6, 6.07) is 5.87. The number of halogens is 1. The maximum absolute atomic E-state index is 13.0. The highest BCUT2D eigenvalue weighted by atomic mass is 19.1. The summed E-state index contributed by atoms with van der Waals surface area (Å²) in [6.07, 6.45) is 0.510. The lowest BCUT2D eigenvalue weighted by Gasteiger charge is -2.24. The monoisotopic (exact) mass is 332 g/mol. The van der Waals surface area contributed by atoms with E-state index in [1.54, 1.807) is 12.1 Å². The second-order valence-corrected chi connectivity index (χ2v) is 6.36. The fourth-order valence-corrected chi connectivity index (χ4v) is 3.12. The number of β-amino-alcohol motifs (C(OH)–C–C–N with tert-alkyl or cyclic N) is 1. The quantitative estimate of drug-likeness (QED) is 0.796. The van der Waals surface area contributed by atoms with Crippen molar-refractivity contribution in [1.82, 2.24) is 15.1 Å². The predicted molar refractivity (Wildman–Crippen MR) is 88.0 cm³/mol. The largest absolute Gasteiger partial charge is 0.384 e. The summed E-state index contributed by atoms with van der Waals surface area (Å²) in [6.45, 7) is 4.80. The molecule has 0 bridgehead atoms. The average molecular weight is 332 g/mol. The van der Waals surface area contributed by atoms with Crippen LogP contribution in [-0.4, -0.2) is 45.7 Å². The number of amides is 1. The smallest absolute Gasteiger partial charge is 0.238 e. The molecule has 128 valence electrons. The van der Waals surface area contributed by atoms with Crippen molar-refractivity contribution in [2.75, 3.05) is 25.0 Å². The molecule has 0 aliphatic carbocycles. The van der Waals surface area contributed by atoms with Gasteiger partial charge in [0.25, 0.3) is 0 Å². The van der Waals surface area contributed by atoms with Crippen molar-refractivity contribution in [2.24, 2.45) is 0 Å². The van der Waals surface area contributed by atoms with Crippen molar-refractivity contribution >= 4 is 11.6 Å². The molecule has 6 nitrogen and oxygen atoms in total. The highest BCUT2D eigenvalue weighted by molar-refractivity contribution is 5.93. The standard InChI is InChI=1S/C17H21FN4O2/c1-11-16(12(2)21-20-11)19-15(23)9-22-8-7-17(24,10-22)13-3-5-14(18)6-4-13/h3-6,24H,7-10H2,1-2H3,(H,19,23)(H,20,21). The molecule has 2 heterocycles. The number of aromatic nitrogens is 2. The maximum Gasteiger partial charge on any atom is 0.238 e. The molecule has 2 aromatic rings. The molecule has 1 aromatic heterocycles. The van der Waals surface area contributed by atoms with Crippen LogP contribution in [0.15, 0.2) is 24.3 Å². The Balaban J connectivity index is 1.61. The SMILES string of the molecule is Cc1n[nH]c(C)c1NC(=O)CN1CCC(O)(c2ccc(F)cc2)C1. The molecule has 1 amide bonds. The second-order valence-electron chi connectivity index (χ2n) is 6.36. The number of anilines is 1. The van der Waals surface area contributed by atoms with Crippen LogP contribution < -0.4 is 5.32 Å². The number of carbonyl (C=O) groups is 1. The van der Waals surface area contributed by atoms with E-state index in [0.717, 1.165) is 11.4 Å². The number of aryl methyl sites for hydroxylation is 2. The van der Waals surface area contributed by atoms with Crippen molar-refractivity contribution in [3.05, 3.63) is 47.0 Å². The summed E-state index contributed by atoms with van der Waals surface area (Å²) >= 11 is 0. The van der Waals surface area contributed by atoms with Gasteiger partial charge in [-0.15, -0.1) is 0 Å². The van der Waals surface area contributed by atoms with Crippen LogP contribution >= 0.6 is 0 Å². The number of hydrogen-bond acceptors (Lipinski definition) is 4. The Morgan fingerprint density at radius 3 is 2.75 bits per heavy atom. The molecule has 1 aliphatic rings. The van der Waals surface area contributed by atoms with E-state index in [1.165, 1.54) is 12.1 Å². The Morgan fingerprint density at radius 2 is 2.12 bits per heavy atom. The lowest BCUT2D eigenvalue weighted by Crippen LogP contribution is -2.35. The van der Waals surface area contributed by atoms with E-state index >= 15 is 0 Å². The first-order valence-corrected chi connectivity index (χ1v) is 7.89. The zero-order valence-electron chi connectivity index (χ0n) is 13.8. The van der Waals surface area contributed by atoms with Crippen molar-refractivity contribution in [1.29, 1.82) is 0 Å². The highest BCUT2D eigenvalue weighted by Gasteiger charge is 2.38. The van der Waals surface area contributed by atoms with Gasteiger partial charge in [0.1, 0.15) is 11.4 Å².